The first-order valence-electron chi connectivity index (χ1n) is 4.84. The van der Waals surface area contributed by atoms with E-state index < -0.39 is 24.4 Å². The topological polar surface area (TPSA) is 17.1 Å². The summed E-state index contributed by atoms with van der Waals surface area (Å²) < 4.78 is 57.0. The van der Waals surface area contributed by atoms with Crippen LogP contribution in [0.1, 0.15) is 20.0 Å². The van der Waals surface area contributed by atoms with Crippen molar-refractivity contribution in [1.29, 1.82) is 0 Å². The zero-order chi connectivity index (χ0) is 12.6. The molecule has 0 saturated heterocycles. The average Bonchev–Trinajstić information content (AvgIpc) is 2.14. The highest BCUT2D eigenvalue weighted by molar-refractivity contribution is 6.00. The van der Waals surface area contributed by atoms with Crippen LogP contribution in [0.25, 0.3) is 0 Å². The summed E-state index contributed by atoms with van der Waals surface area (Å²) in [6.45, 7) is -2.39. The lowest BCUT2D eigenvalue weighted by molar-refractivity contribution is -0.0885. The lowest BCUT2D eigenvalue weighted by atomic mass is 10.1. The number of alkyl halides is 3. The van der Waals surface area contributed by atoms with Crippen LogP contribution in [0.15, 0.2) is 24.3 Å². The fraction of sp³-hybridized carbons (Fsp3) is 0.222. The van der Waals surface area contributed by atoms with Gasteiger partial charge < -0.3 is 0 Å². The molecule has 0 fully saturated rings. The molecule has 13 heavy (non-hydrogen) atoms. The van der Waals surface area contributed by atoms with Crippen molar-refractivity contribution in [2.75, 3.05) is 0 Å². The van der Waals surface area contributed by atoms with Gasteiger partial charge in [-0.05, 0) is 6.85 Å². The van der Waals surface area contributed by atoms with Gasteiger partial charge in [-0.15, -0.1) is 0 Å². The van der Waals surface area contributed by atoms with Crippen LogP contribution in [0.2, 0.25) is 0 Å². The molecule has 0 radical (unpaired) electrons. The molecule has 1 aromatic carbocycles. The smallest absolute Gasteiger partial charge is 0.284 e. The summed E-state index contributed by atoms with van der Waals surface area (Å²) >= 11 is 0. The van der Waals surface area contributed by atoms with E-state index in [2.05, 4.69) is 0 Å². The van der Waals surface area contributed by atoms with Crippen LogP contribution in [0.3, 0.4) is 0 Å². The van der Waals surface area contributed by atoms with E-state index in [4.69, 9.17) is 4.11 Å². The van der Waals surface area contributed by atoms with Gasteiger partial charge in [0.05, 0.1) is 0 Å². The van der Waals surface area contributed by atoms with Gasteiger partial charge in [0.25, 0.3) is 5.78 Å². The minimum absolute atomic E-state index is 0.105. The van der Waals surface area contributed by atoms with Gasteiger partial charge >= 0.3 is 6.18 Å². The number of halogens is 3. The van der Waals surface area contributed by atoms with Gasteiger partial charge in [0.2, 0.25) is 0 Å². The molecule has 1 nitrogen and oxygen atoms in total. The second-order valence-corrected chi connectivity index (χ2v) is 2.40. The minimum Gasteiger partial charge on any atom is -0.284 e. The molecule has 4 heteroatoms. The van der Waals surface area contributed by atoms with Crippen molar-refractivity contribution >= 4 is 5.78 Å². The normalized spacial score (nSPS) is 15.8. The van der Waals surface area contributed by atoms with Crippen molar-refractivity contribution in [2.45, 2.75) is 13.0 Å². The molecule has 0 aliphatic heterocycles. The van der Waals surface area contributed by atoms with Gasteiger partial charge in [-0.1, -0.05) is 29.8 Å². The summed E-state index contributed by atoms with van der Waals surface area (Å²) in [5.74, 6) is -1.98. The first-order chi connectivity index (χ1) is 7.12. The Morgan fingerprint density at radius 2 is 1.85 bits per heavy atom. The third-order valence-electron chi connectivity index (χ3n) is 1.40. The highest BCUT2D eigenvalue weighted by Crippen LogP contribution is 2.21. The summed E-state index contributed by atoms with van der Waals surface area (Å²) in [5.41, 5.74) is -0.674. The van der Waals surface area contributed by atoms with E-state index in [0.717, 1.165) is 24.3 Å². The highest BCUT2D eigenvalue weighted by atomic mass is 19.4. The zero-order valence-electron chi connectivity index (χ0n) is 9.35. The van der Waals surface area contributed by atoms with Crippen LogP contribution in [0, 0.1) is 6.85 Å². The zero-order valence-corrected chi connectivity index (χ0v) is 6.35. The number of aryl methyl sites for hydroxylation is 1. The number of benzene rings is 1. The Bertz CT molecular complexity index is 392. The van der Waals surface area contributed by atoms with E-state index in [0.29, 0.717) is 0 Å². The molecule has 0 saturated carbocycles. The predicted octanol–water partition coefficient (Wildman–Crippen LogP) is 2.74. The standard InChI is InChI=1S/C9H7F3O/c1-6-2-4-7(5-3-6)8(13)9(10,11)12/h2-5H,1H3/i1D3. The lowest BCUT2D eigenvalue weighted by Crippen LogP contribution is -2.22. The SMILES string of the molecule is [2H]C([2H])([2H])c1ccc(C(=O)C(F)(F)F)cc1. The summed E-state index contributed by atoms with van der Waals surface area (Å²) in [6, 6.07) is 3.70. The Balaban J connectivity index is 3.01. The quantitative estimate of drug-likeness (QED) is 0.624. The van der Waals surface area contributed by atoms with E-state index >= 15 is 0 Å². The Morgan fingerprint density at radius 3 is 2.23 bits per heavy atom. The molecule has 0 amide bonds. The molecule has 0 bridgehead atoms. The van der Waals surface area contributed by atoms with Crippen LogP contribution in [0.5, 0.6) is 0 Å². The van der Waals surface area contributed by atoms with Crippen molar-refractivity contribution in [1.82, 2.24) is 0 Å². The fourth-order valence-corrected chi connectivity index (χ4v) is 0.785. The summed E-state index contributed by atoms with van der Waals surface area (Å²) in [5, 5.41) is 0. The molecular weight excluding hydrogens is 181 g/mol. The molecule has 0 atom stereocenters. The van der Waals surface area contributed by atoms with Gasteiger partial charge in [-0.25, -0.2) is 0 Å². The Morgan fingerprint density at radius 1 is 1.31 bits per heavy atom. The monoisotopic (exact) mass is 191 g/mol. The molecule has 0 aliphatic rings. The van der Waals surface area contributed by atoms with Crippen molar-refractivity contribution < 1.29 is 22.1 Å². The number of hydrogen-bond donors (Lipinski definition) is 0. The maximum absolute atomic E-state index is 12.0. The van der Waals surface area contributed by atoms with Gasteiger partial charge in [-0.2, -0.15) is 13.2 Å². The number of Topliss-reactive ketones (excluding diaryl/α,β-unsaturated/α-hetero) is 1. The van der Waals surface area contributed by atoms with Crippen LogP contribution in [-0.2, 0) is 0 Å². The number of rotatable bonds is 1. The molecule has 0 aliphatic carbocycles. The third-order valence-corrected chi connectivity index (χ3v) is 1.40. The molecule has 70 valence electrons. The van der Waals surface area contributed by atoms with Gasteiger partial charge in [0.15, 0.2) is 0 Å². The first-order valence-corrected chi connectivity index (χ1v) is 3.34. The second kappa shape index (κ2) is 3.20. The Hall–Kier alpha value is -1.32. The second-order valence-electron chi connectivity index (χ2n) is 2.40. The van der Waals surface area contributed by atoms with Crippen LogP contribution in [-0.4, -0.2) is 12.0 Å². The van der Waals surface area contributed by atoms with E-state index in [9.17, 15) is 18.0 Å². The maximum atomic E-state index is 12.0. The molecule has 0 heterocycles. The largest absolute Gasteiger partial charge is 0.454 e. The Labute approximate surface area is 77.4 Å². The number of carbonyl (C=O) groups is 1. The van der Waals surface area contributed by atoms with E-state index in [1.807, 2.05) is 0 Å². The number of ketones is 1. The average molecular weight is 191 g/mol. The molecular formula is C9H7F3O. The van der Waals surface area contributed by atoms with Gasteiger partial charge in [0, 0.05) is 9.68 Å². The maximum Gasteiger partial charge on any atom is 0.454 e. The lowest BCUT2D eigenvalue weighted by Gasteiger charge is -2.04. The summed E-state index contributed by atoms with van der Waals surface area (Å²) in [7, 11) is 0. The predicted molar refractivity (Wildman–Crippen MR) is 41.6 cm³/mol. The van der Waals surface area contributed by atoms with Crippen molar-refractivity contribution in [3.63, 3.8) is 0 Å². The van der Waals surface area contributed by atoms with Crippen molar-refractivity contribution in [3.05, 3.63) is 35.4 Å². The minimum atomic E-state index is -4.94. The first kappa shape index (κ1) is 6.18. The molecule has 0 aromatic heterocycles. The summed E-state index contributed by atoms with van der Waals surface area (Å²) in [4.78, 5) is 10.8. The molecule has 1 rings (SSSR count). The van der Waals surface area contributed by atoms with Gasteiger partial charge in [0.1, 0.15) is 0 Å². The molecule has 0 spiro atoms. The highest BCUT2D eigenvalue weighted by Gasteiger charge is 2.38. The molecule has 0 unspecified atom stereocenters. The molecule has 1 aromatic rings. The van der Waals surface area contributed by atoms with Crippen molar-refractivity contribution in [2.24, 2.45) is 0 Å². The van der Waals surface area contributed by atoms with Crippen molar-refractivity contribution in [3.8, 4) is 0 Å². The fourth-order valence-electron chi connectivity index (χ4n) is 0.785. The Kier molecular flexibility index (Phi) is 1.52. The van der Waals surface area contributed by atoms with E-state index in [1.54, 1.807) is 0 Å². The van der Waals surface area contributed by atoms with Crippen LogP contribution < -0.4 is 0 Å². The van der Waals surface area contributed by atoms with Crippen LogP contribution in [0.4, 0.5) is 13.2 Å². The van der Waals surface area contributed by atoms with E-state index in [-0.39, 0.29) is 5.56 Å². The van der Waals surface area contributed by atoms with Crippen LogP contribution >= 0.6 is 0 Å². The number of carbonyl (C=O) groups excluding carboxylic acids is 1. The molecule has 0 N–H and O–H groups in total. The summed E-state index contributed by atoms with van der Waals surface area (Å²) in [6.07, 6.45) is -4.94. The van der Waals surface area contributed by atoms with E-state index in [1.165, 1.54) is 0 Å². The third kappa shape index (κ3) is 2.31. The number of hydrogen-bond acceptors (Lipinski definition) is 1. The van der Waals surface area contributed by atoms with Gasteiger partial charge in [-0.3, -0.25) is 4.79 Å².